The number of aryl methyl sites for hydroxylation is 1. The minimum Gasteiger partial charge on any atom is -0.454 e. The monoisotopic (exact) mass is 195 g/mol. The van der Waals surface area contributed by atoms with Gasteiger partial charge in [-0.3, -0.25) is 10.1 Å². The van der Waals surface area contributed by atoms with E-state index in [0.717, 1.165) is 6.07 Å². The number of benzene rings is 1. The fraction of sp³-hybridized carbons (Fsp3) is 0.111. The van der Waals surface area contributed by atoms with E-state index in [2.05, 4.69) is 0 Å². The molecule has 0 aliphatic heterocycles. The van der Waals surface area contributed by atoms with Gasteiger partial charge in [-0.1, -0.05) is 0 Å². The number of hydrogen-bond acceptors (Lipinski definition) is 3. The number of rotatable bonds is 1. The van der Waals surface area contributed by atoms with Gasteiger partial charge in [-0.05, 0) is 19.1 Å². The number of non-ortho nitro benzene ring substituents is 1. The van der Waals surface area contributed by atoms with Gasteiger partial charge < -0.3 is 4.42 Å². The molecule has 0 aliphatic rings. The van der Waals surface area contributed by atoms with Crippen molar-refractivity contribution in [3.63, 3.8) is 0 Å². The van der Waals surface area contributed by atoms with Crippen LogP contribution in [0.4, 0.5) is 10.1 Å². The molecule has 0 fully saturated rings. The maximum absolute atomic E-state index is 12.9. The zero-order valence-electron chi connectivity index (χ0n) is 7.28. The predicted molar refractivity (Wildman–Crippen MR) is 47.6 cm³/mol. The molecular formula is C9H6FNO3. The lowest BCUT2D eigenvalue weighted by atomic mass is 10.2. The van der Waals surface area contributed by atoms with Gasteiger partial charge in [-0.15, -0.1) is 0 Å². The minimum absolute atomic E-state index is 0.119. The van der Waals surface area contributed by atoms with Crippen LogP contribution in [0.5, 0.6) is 0 Å². The van der Waals surface area contributed by atoms with E-state index in [1.54, 1.807) is 13.0 Å². The first-order valence-corrected chi connectivity index (χ1v) is 3.92. The van der Waals surface area contributed by atoms with Crippen molar-refractivity contribution in [3.8, 4) is 0 Å². The molecule has 2 rings (SSSR count). The summed E-state index contributed by atoms with van der Waals surface area (Å²) in [5.74, 6) is -0.112. The van der Waals surface area contributed by atoms with Crippen LogP contribution >= 0.6 is 0 Å². The van der Waals surface area contributed by atoms with Crippen LogP contribution < -0.4 is 0 Å². The molecule has 1 aromatic carbocycles. The Hall–Kier alpha value is -1.91. The first-order valence-electron chi connectivity index (χ1n) is 3.92. The van der Waals surface area contributed by atoms with Crippen LogP contribution in [0, 0.1) is 22.9 Å². The third kappa shape index (κ3) is 1.22. The van der Waals surface area contributed by atoms with Gasteiger partial charge in [-0.2, -0.15) is 0 Å². The highest BCUT2D eigenvalue weighted by atomic mass is 19.1. The van der Waals surface area contributed by atoms with Gasteiger partial charge in [-0.25, -0.2) is 4.39 Å². The zero-order chi connectivity index (χ0) is 10.3. The average molecular weight is 195 g/mol. The molecule has 0 saturated carbocycles. The van der Waals surface area contributed by atoms with Crippen LogP contribution in [-0.2, 0) is 0 Å². The average Bonchev–Trinajstić information content (AvgIpc) is 2.42. The van der Waals surface area contributed by atoms with Crippen molar-refractivity contribution in [3.05, 3.63) is 39.9 Å². The highest BCUT2D eigenvalue weighted by Crippen LogP contribution is 2.29. The zero-order valence-corrected chi connectivity index (χ0v) is 7.28. The molecule has 0 unspecified atom stereocenters. The topological polar surface area (TPSA) is 56.3 Å². The highest BCUT2D eigenvalue weighted by Gasteiger charge is 2.17. The minimum atomic E-state index is -0.658. The van der Waals surface area contributed by atoms with Crippen molar-refractivity contribution in [1.29, 1.82) is 0 Å². The molecule has 0 amide bonds. The van der Waals surface area contributed by atoms with Crippen molar-refractivity contribution in [2.75, 3.05) is 0 Å². The van der Waals surface area contributed by atoms with Crippen LogP contribution in [0.3, 0.4) is 0 Å². The van der Waals surface area contributed by atoms with Crippen molar-refractivity contribution in [2.24, 2.45) is 0 Å². The number of fused-ring (bicyclic) bond motifs is 1. The van der Waals surface area contributed by atoms with E-state index < -0.39 is 10.7 Å². The molecular weight excluding hydrogens is 189 g/mol. The van der Waals surface area contributed by atoms with Crippen molar-refractivity contribution in [1.82, 2.24) is 0 Å². The Morgan fingerprint density at radius 1 is 1.43 bits per heavy atom. The molecule has 1 heterocycles. The SMILES string of the molecule is Cc1cc2cc(F)cc([N+](=O)[O-])c2o1. The van der Waals surface area contributed by atoms with Gasteiger partial charge in [0.2, 0.25) is 5.58 Å². The van der Waals surface area contributed by atoms with E-state index in [1.807, 2.05) is 0 Å². The molecule has 5 heteroatoms. The van der Waals surface area contributed by atoms with E-state index in [9.17, 15) is 14.5 Å². The van der Waals surface area contributed by atoms with Crippen molar-refractivity contribution < 1.29 is 13.7 Å². The Bertz CT molecular complexity index is 518. The molecule has 0 bridgehead atoms. The Morgan fingerprint density at radius 3 is 2.79 bits per heavy atom. The quantitative estimate of drug-likeness (QED) is 0.519. The molecule has 0 radical (unpaired) electrons. The number of halogens is 1. The first-order chi connectivity index (χ1) is 6.58. The van der Waals surface area contributed by atoms with Crippen LogP contribution in [-0.4, -0.2) is 4.92 Å². The summed E-state index contributed by atoms with van der Waals surface area (Å²) in [6.07, 6.45) is 0. The Labute approximate surface area is 78.1 Å². The first kappa shape index (κ1) is 8.68. The number of furan rings is 1. The van der Waals surface area contributed by atoms with E-state index >= 15 is 0 Å². The Kier molecular flexibility index (Phi) is 1.73. The molecule has 1 aromatic heterocycles. The number of hydrogen-bond donors (Lipinski definition) is 0. The fourth-order valence-electron chi connectivity index (χ4n) is 1.36. The second-order valence-electron chi connectivity index (χ2n) is 2.96. The van der Waals surface area contributed by atoms with E-state index in [4.69, 9.17) is 4.42 Å². The number of nitro groups is 1. The molecule has 2 aromatic rings. The summed E-state index contributed by atoms with van der Waals surface area (Å²) in [4.78, 5) is 9.90. The highest BCUT2D eigenvalue weighted by molar-refractivity contribution is 5.86. The second-order valence-corrected chi connectivity index (χ2v) is 2.96. The summed E-state index contributed by atoms with van der Waals surface area (Å²) >= 11 is 0. The lowest BCUT2D eigenvalue weighted by Crippen LogP contribution is -1.89. The molecule has 72 valence electrons. The van der Waals surface area contributed by atoms with E-state index in [0.29, 0.717) is 11.1 Å². The predicted octanol–water partition coefficient (Wildman–Crippen LogP) is 2.79. The lowest BCUT2D eigenvalue weighted by molar-refractivity contribution is -0.383. The maximum Gasteiger partial charge on any atom is 0.315 e. The van der Waals surface area contributed by atoms with Crippen LogP contribution in [0.2, 0.25) is 0 Å². The summed E-state index contributed by atoms with van der Waals surface area (Å²) in [6.45, 7) is 1.65. The van der Waals surface area contributed by atoms with Crippen LogP contribution in [0.1, 0.15) is 5.76 Å². The van der Waals surface area contributed by atoms with Crippen molar-refractivity contribution in [2.45, 2.75) is 6.92 Å². The largest absolute Gasteiger partial charge is 0.454 e. The van der Waals surface area contributed by atoms with E-state index in [1.165, 1.54) is 6.07 Å². The molecule has 0 N–H and O–H groups in total. The summed E-state index contributed by atoms with van der Waals surface area (Å²) in [6, 6.07) is 3.62. The van der Waals surface area contributed by atoms with Gasteiger partial charge >= 0.3 is 5.69 Å². The van der Waals surface area contributed by atoms with Crippen molar-refractivity contribution >= 4 is 16.7 Å². The van der Waals surface area contributed by atoms with Gasteiger partial charge in [0, 0.05) is 5.39 Å². The molecule has 0 spiro atoms. The lowest BCUT2D eigenvalue weighted by Gasteiger charge is -1.92. The number of nitrogens with zero attached hydrogens (tertiary/aromatic N) is 1. The normalized spacial score (nSPS) is 10.7. The molecule has 4 nitrogen and oxygen atoms in total. The molecule has 0 atom stereocenters. The van der Waals surface area contributed by atoms with Crippen LogP contribution in [0.25, 0.3) is 11.0 Å². The van der Waals surface area contributed by atoms with Gasteiger partial charge in [0.1, 0.15) is 11.6 Å². The van der Waals surface area contributed by atoms with Crippen LogP contribution in [0.15, 0.2) is 22.6 Å². The second kappa shape index (κ2) is 2.80. The molecule has 0 aliphatic carbocycles. The summed E-state index contributed by atoms with van der Waals surface area (Å²) < 4.78 is 18.0. The third-order valence-corrected chi connectivity index (χ3v) is 1.88. The van der Waals surface area contributed by atoms with Gasteiger partial charge in [0.25, 0.3) is 0 Å². The van der Waals surface area contributed by atoms with Gasteiger partial charge in [0.15, 0.2) is 0 Å². The smallest absolute Gasteiger partial charge is 0.315 e. The fourth-order valence-corrected chi connectivity index (χ4v) is 1.36. The van der Waals surface area contributed by atoms with E-state index in [-0.39, 0.29) is 11.3 Å². The standard InChI is InChI=1S/C9H6FNO3/c1-5-2-6-3-7(10)4-8(11(12)13)9(6)14-5/h2-4H,1H3. The summed E-state index contributed by atoms with van der Waals surface area (Å²) in [5.41, 5.74) is -0.220. The van der Waals surface area contributed by atoms with Gasteiger partial charge in [0.05, 0.1) is 11.0 Å². The third-order valence-electron chi connectivity index (χ3n) is 1.88. The maximum atomic E-state index is 12.9. The molecule has 14 heavy (non-hydrogen) atoms. The Morgan fingerprint density at radius 2 is 2.14 bits per heavy atom. The molecule has 0 saturated heterocycles. The summed E-state index contributed by atoms with van der Waals surface area (Å²) in [7, 11) is 0. The Balaban J connectivity index is 2.85. The summed E-state index contributed by atoms with van der Waals surface area (Å²) in [5, 5.41) is 11.0. The number of nitro benzene ring substituents is 1.